The lowest BCUT2D eigenvalue weighted by Crippen LogP contribution is -2.46. The van der Waals surface area contributed by atoms with E-state index in [1.54, 1.807) is 7.05 Å². The van der Waals surface area contributed by atoms with Gasteiger partial charge in [-0.25, -0.2) is 8.42 Å². The molecule has 0 radical (unpaired) electrons. The second kappa shape index (κ2) is 10.2. The summed E-state index contributed by atoms with van der Waals surface area (Å²) >= 11 is 0. The van der Waals surface area contributed by atoms with Crippen molar-refractivity contribution in [2.75, 3.05) is 25.5 Å². The van der Waals surface area contributed by atoms with Crippen LogP contribution in [0.4, 0.5) is 5.69 Å². The van der Waals surface area contributed by atoms with Gasteiger partial charge < -0.3 is 15.0 Å². The molecule has 2 amide bonds. The first-order chi connectivity index (χ1) is 14.1. The van der Waals surface area contributed by atoms with Crippen molar-refractivity contribution in [1.29, 1.82) is 0 Å². The zero-order valence-corrected chi connectivity index (χ0v) is 18.3. The Balaban J connectivity index is 1.89. The Hall–Kier alpha value is -2.91. The van der Waals surface area contributed by atoms with E-state index >= 15 is 0 Å². The number of nitrogens with zero attached hydrogens (tertiary/aromatic N) is 1. The molecule has 9 heteroatoms. The highest BCUT2D eigenvalue weighted by Gasteiger charge is 2.24. The summed E-state index contributed by atoms with van der Waals surface area (Å²) in [5, 5.41) is 2.56. The minimum atomic E-state index is -3.89. The van der Waals surface area contributed by atoms with Crippen molar-refractivity contribution in [3.05, 3.63) is 54.1 Å². The van der Waals surface area contributed by atoms with Gasteiger partial charge in [-0.05, 0) is 50.2 Å². The molecule has 162 valence electrons. The first-order valence-corrected chi connectivity index (χ1v) is 10.9. The SMILES string of the molecule is CC(=O)Nc1ccc(S(=O)(=O)N[C@@H](C)C(=O)N(C)CCOc2ccc(C)cc2)cc1. The van der Waals surface area contributed by atoms with Crippen LogP contribution >= 0.6 is 0 Å². The molecule has 0 aliphatic carbocycles. The molecule has 0 bridgehead atoms. The van der Waals surface area contributed by atoms with Crippen molar-refractivity contribution >= 4 is 27.5 Å². The van der Waals surface area contributed by atoms with Crippen LogP contribution < -0.4 is 14.8 Å². The van der Waals surface area contributed by atoms with Gasteiger partial charge in [0, 0.05) is 19.7 Å². The molecule has 0 spiro atoms. The van der Waals surface area contributed by atoms with Crippen LogP contribution in [-0.2, 0) is 19.6 Å². The Morgan fingerprint density at radius 1 is 1.07 bits per heavy atom. The van der Waals surface area contributed by atoms with E-state index in [4.69, 9.17) is 4.74 Å². The monoisotopic (exact) mass is 433 g/mol. The molecular weight excluding hydrogens is 406 g/mol. The molecule has 1 atom stereocenters. The van der Waals surface area contributed by atoms with Gasteiger partial charge in [0.05, 0.1) is 17.5 Å². The van der Waals surface area contributed by atoms with Crippen LogP contribution in [0.25, 0.3) is 0 Å². The number of aryl methyl sites for hydroxylation is 1. The number of sulfonamides is 1. The third-order valence-corrected chi connectivity index (χ3v) is 5.84. The van der Waals surface area contributed by atoms with Crippen LogP contribution in [-0.4, -0.2) is 51.4 Å². The molecule has 0 aliphatic rings. The van der Waals surface area contributed by atoms with E-state index in [9.17, 15) is 18.0 Å². The Bertz CT molecular complexity index is 973. The number of carbonyl (C=O) groups is 2. The van der Waals surface area contributed by atoms with E-state index in [2.05, 4.69) is 10.0 Å². The summed E-state index contributed by atoms with van der Waals surface area (Å²) in [4.78, 5) is 25.0. The van der Waals surface area contributed by atoms with E-state index in [0.29, 0.717) is 18.0 Å². The lowest BCUT2D eigenvalue weighted by atomic mass is 10.2. The number of rotatable bonds is 9. The van der Waals surface area contributed by atoms with Gasteiger partial charge >= 0.3 is 0 Å². The summed E-state index contributed by atoms with van der Waals surface area (Å²) in [5.41, 5.74) is 1.61. The number of anilines is 1. The van der Waals surface area contributed by atoms with Crippen LogP contribution in [0.2, 0.25) is 0 Å². The van der Waals surface area contributed by atoms with Gasteiger partial charge in [-0.3, -0.25) is 9.59 Å². The molecule has 2 aromatic rings. The highest BCUT2D eigenvalue weighted by atomic mass is 32.2. The molecule has 2 aromatic carbocycles. The Kier molecular flexibility index (Phi) is 7.96. The number of amides is 2. The summed E-state index contributed by atoms with van der Waals surface area (Å²) in [6.07, 6.45) is 0. The lowest BCUT2D eigenvalue weighted by molar-refractivity contribution is -0.131. The topological polar surface area (TPSA) is 105 Å². The third kappa shape index (κ3) is 6.85. The molecule has 2 N–H and O–H groups in total. The summed E-state index contributed by atoms with van der Waals surface area (Å²) in [5.74, 6) is 0.0798. The van der Waals surface area contributed by atoms with Gasteiger partial charge in [-0.15, -0.1) is 0 Å². The minimum Gasteiger partial charge on any atom is -0.492 e. The van der Waals surface area contributed by atoms with Crippen molar-refractivity contribution in [2.24, 2.45) is 0 Å². The Labute approximate surface area is 177 Å². The molecule has 0 heterocycles. The highest BCUT2D eigenvalue weighted by molar-refractivity contribution is 7.89. The van der Waals surface area contributed by atoms with Crippen LogP contribution in [0.3, 0.4) is 0 Å². The maximum atomic E-state index is 12.5. The smallest absolute Gasteiger partial charge is 0.241 e. The molecule has 0 saturated heterocycles. The van der Waals surface area contributed by atoms with Gasteiger partial charge in [0.1, 0.15) is 12.4 Å². The van der Waals surface area contributed by atoms with Gasteiger partial charge in [-0.1, -0.05) is 17.7 Å². The van der Waals surface area contributed by atoms with Crippen molar-refractivity contribution < 1.29 is 22.7 Å². The second-order valence-electron chi connectivity index (χ2n) is 6.97. The van der Waals surface area contributed by atoms with Gasteiger partial charge in [0.2, 0.25) is 21.8 Å². The fourth-order valence-electron chi connectivity index (χ4n) is 2.65. The molecule has 0 aliphatic heterocycles. The maximum Gasteiger partial charge on any atom is 0.241 e. The Morgan fingerprint density at radius 2 is 1.67 bits per heavy atom. The van der Waals surface area contributed by atoms with Gasteiger partial charge in [0.25, 0.3) is 0 Å². The minimum absolute atomic E-state index is 0.00149. The average molecular weight is 434 g/mol. The fraction of sp³-hybridized carbons (Fsp3) is 0.333. The van der Waals surface area contributed by atoms with E-state index in [0.717, 1.165) is 5.56 Å². The highest BCUT2D eigenvalue weighted by Crippen LogP contribution is 2.15. The molecule has 0 saturated carbocycles. The van der Waals surface area contributed by atoms with E-state index in [1.807, 2.05) is 31.2 Å². The molecule has 0 unspecified atom stereocenters. The largest absolute Gasteiger partial charge is 0.492 e. The maximum absolute atomic E-state index is 12.5. The standard InChI is InChI=1S/C21H27N3O5S/c1-15-5-9-19(10-6-15)29-14-13-24(4)21(26)16(2)23-30(27,28)20-11-7-18(8-12-20)22-17(3)25/h5-12,16,23H,13-14H2,1-4H3,(H,22,25)/t16-/m0/s1. The number of likely N-dealkylation sites (N-methyl/N-ethyl adjacent to an activating group) is 1. The van der Waals surface area contributed by atoms with Gasteiger partial charge in [-0.2, -0.15) is 4.72 Å². The first kappa shape index (κ1) is 23.4. The second-order valence-corrected chi connectivity index (χ2v) is 8.68. The summed E-state index contributed by atoms with van der Waals surface area (Å²) in [6.45, 7) is 5.43. The summed E-state index contributed by atoms with van der Waals surface area (Å²) in [7, 11) is -2.30. The number of nitrogens with one attached hydrogen (secondary N) is 2. The average Bonchev–Trinajstić information content (AvgIpc) is 2.68. The van der Waals surface area contributed by atoms with Crippen molar-refractivity contribution in [3.8, 4) is 5.75 Å². The summed E-state index contributed by atoms with van der Waals surface area (Å²) in [6, 6.07) is 12.3. The fourth-order valence-corrected chi connectivity index (χ4v) is 3.84. The van der Waals surface area contributed by atoms with Crippen LogP contribution in [0.1, 0.15) is 19.4 Å². The quantitative estimate of drug-likeness (QED) is 0.631. The van der Waals surface area contributed by atoms with Crippen LogP contribution in [0.5, 0.6) is 5.75 Å². The van der Waals surface area contributed by atoms with Crippen LogP contribution in [0.15, 0.2) is 53.4 Å². The number of ether oxygens (including phenoxy) is 1. The molecule has 30 heavy (non-hydrogen) atoms. The first-order valence-electron chi connectivity index (χ1n) is 9.43. The predicted octanol–water partition coefficient (Wildman–Crippen LogP) is 2.16. The molecule has 8 nitrogen and oxygen atoms in total. The van der Waals surface area contributed by atoms with E-state index in [1.165, 1.54) is 43.0 Å². The van der Waals surface area contributed by atoms with Crippen molar-refractivity contribution in [2.45, 2.75) is 31.7 Å². The number of hydrogen-bond donors (Lipinski definition) is 2. The summed E-state index contributed by atoms with van der Waals surface area (Å²) < 4.78 is 33.1. The van der Waals surface area contributed by atoms with E-state index < -0.39 is 16.1 Å². The zero-order valence-electron chi connectivity index (χ0n) is 17.5. The normalized spacial score (nSPS) is 12.1. The third-order valence-electron chi connectivity index (χ3n) is 4.28. The van der Waals surface area contributed by atoms with E-state index in [-0.39, 0.29) is 23.3 Å². The van der Waals surface area contributed by atoms with Crippen molar-refractivity contribution in [3.63, 3.8) is 0 Å². The lowest BCUT2D eigenvalue weighted by Gasteiger charge is -2.22. The molecule has 0 aromatic heterocycles. The molecule has 2 rings (SSSR count). The van der Waals surface area contributed by atoms with Gasteiger partial charge in [0.15, 0.2) is 0 Å². The zero-order chi connectivity index (χ0) is 22.3. The number of hydrogen-bond acceptors (Lipinski definition) is 5. The van der Waals surface area contributed by atoms with Crippen molar-refractivity contribution in [1.82, 2.24) is 9.62 Å². The molecule has 0 fully saturated rings. The number of benzene rings is 2. The molecular formula is C21H27N3O5S. The van der Waals surface area contributed by atoms with Crippen LogP contribution in [0, 0.1) is 6.92 Å². The predicted molar refractivity (Wildman–Crippen MR) is 115 cm³/mol. The Morgan fingerprint density at radius 3 is 2.23 bits per heavy atom. The number of carbonyl (C=O) groups excluding carboxylic acids is 2.